The average Bonchev–Trinajstić information content (AvgIpc) is 2.72. The van der Waals surface area contributed by atoms with Gasteiger partial charge >= 0.3 is 6.36 Å². The quantitative estimate of drug-likeness (QED) is 0.709. The van der Waals surface area contributed by atoms with E-state index in [4.69, 9.17) is 4.74 Å². The van der Waals surface area contributed by atoms with Crippen LogP contribution in [0.2, 0.25) is 0 Å². The number of amides is 1. The van der Waals surface area contributed by atoms with Crippen molar-refractivity contribution >= 4 is 15.9 Å². The molecular formula is C19H19F3N2O5S. The molecule has 1 saturated heterocycles. The molecule has 0 radical (unpaired) electrons. The Bertz CT molecular complexity index is 1000. The second kappa shape index (κ2) is 8.52. The van der Waals surface area contributed by atoms with Crippen LogP contribution >= 0.6 is 0 Å². The Hall–Kier alpha value is -2.79. The average molecular weight is 444 g/mol. The normalized spacial score (nSPS) is 15.7. The highest BCUT2D eigenvalue weighted by molar-refractivity contribution is 7.89. The van der Waals surface area contributed by atoms with Crippen LogP contribution in [0.25, 0.3) is 0 Å². The first kappa shape index (κ1) is 21.9. The number of carbonyl (C=O) groups excluding carboxylic acids is 1. The SMILES string of the molecule is COc1cccc(C(=O)N2CCN(S(=O)(=O)c3ccc(OC(F)(F)F)cc3)CC2)c1. The zero-order valence-corrected chi connectivity index (χ0v) is 16.7. The summed E-state index contributed by atoms with van der Waals surface area (Å²) in [4.78, 5) is 14.0. The Kier molecular flexibility index (Phi) is 6.22. The number of ether oxygens (including phenoxy) is 2. The molecule has 30 heavy (non-hydrogen) atoms. The smallest absolute Gasteiger partial charge is 0.497 e. The van der Waals surface area contributed by atoms with E-state index in [2.05, 4.69) is 4.74 Å². The molecule has 162 valence electrons. The predicted molar refractivity (Wildman–Crippen MR) is 101 cm³/mol. The molecule has 3 rings (SSSR count). The Morgan fingerprint density at radius 3 is 2.17 bits per heavy atom. The van der Waals surface area contributed by atoms with Crippen LogP contribution in [-0.2, 0) is 10.0 Å². The Balaban J connectivity index is 1.65. The third-order valence-electron chi connectivity index (χ3n) is 4.54. The van der Waals surface area contributed by atoms with E-state index in [0.29, 0.717) is 11.3 Å². The molecule has 1 heterocycles. The third-order valence-corrected chi connectivity index (χ3v) is 6.45. The molecule has 0 aliphatic carbocycles. The predicted octanol–water partition coefficient (Wildman–Crippen LogP) is 2.74. The minimum Gasteiger partial charge on any atom is -0.497 e. The minimum absolute atomic E-state index is 0.0683. The highest BCUT2D eigenvalue weighted by Gasteiger charge is 2.33. The van der Waals surface area contributed by atoms with Gasteiger partial charge in [-0.25, -0.2) is 8.42 Å². The number of piperazine rings is 1. The molecule has 0 spiro atoms. The maximum atomic E-state index is 12.8. The Labute approximate surface area is 171 Å². The number of carbonyl (C=O) groups is 1. The lowest BCUT2D eigenvalue weighted by atomic mass is 10.1. The van der Waals surface area contributed by atoms with Crippen LogP contribution in [0.15, 0.2) is 53.4 Å². The number of benzene rings is 2. The maximum absolute atomic E-state index is 12.8. The van der Waals surface area contributed by atoms with Crippen LogP contribution in [-0.4, -0.2) is 63.2 Å². The number of nitrogens with zero attached hydrogens (tertiary/aromatic N) is 2. The lowest BCUT2D eigenvalue weighted by Crippen LogP contribution is -2.50. The van der Waals surface area contributed by atoms with Gasteiger partial charge in [0.2, 0.25) is 10.0 Å². The molecule has 1 aliphatic heterocycles. The number of halogens is 3. The van der Waals surface area contributed by atoms with Gasteiger partial charge in [0.25, 0.3) is 5.91 Å². The standard InChI is InChI=1S/C19H19F3N2O5S/c1-28-16-4-2-3-14(13-16)18(25)23-9-11-24(12-10-23)30(26,27)17-7-5-15(6-8-17)29-19(20,21)22/h2-8,13H,9-12H2,1H3. The van der Waals surface area contributed by atoms with E-state index < -0.39 is 22.1 Å². The lowest BCUT2D eigenvalue weighted by Gasteiger charge is -2.34. The summed E-state index contributed by atoms with van der Waals surface area (Å²) in [6.07, 6.45) is -4.86. The fraction of sp³-hybridized carbons (Fsp3) is 0.316. The summed E-state index contributed by atoms with van der Waals surface area (Å²) < 4.78 is 72.3. The first-order valence-corrected chi connectivity index (χ1v) is 10.3. The molecular weight excluding hydrogens is 425 g/mol. The number of sulfonamides is 1. The van der Waals surface area contributed by atoms with Crippen LogP contribution in [0.3, 0.4) is 0 Å². The van der Waals surface area contributed by atoms with Crippen molar-refractivity contribution in [1.82, 2.24) is 9.21 Å². The summed E-state index contributed by atoms with van der Waals surface area (Å²) in [7, 11) is -2.41. The molecule has 7 nitrogen and oxygen atoms in total. The van der Waals surface area contributed by atoms with Gasteiger partial charge in [-0.05, 0) is 42.5 Å². The van der Waals surface area contributed by atoms with Crippen molar-refractivity contribution in [3.63, 3.8) is 0 Å². The number of alkyl halides is 3. The number of methoxy groups -OCH3 is 1. The monoisotopic (exact) mass is 444 g/mol. The van der Waals surface area contributed by atoms with Gasteiger partial charge in [-0.1, -0.05) is 6.07 Å². The number of hydrogen-bond acceptors (Lipinski definition) is 5. The molecule has 0 saturated carbocycles. The maximum Gasteiger partial charge on any atom is 0.573 e. The zero-order chi connectivity index (χ0) is 21.9. The van der Waals surface area contributed by atoms with Crippen molar-refractivity contribution in [3.8, 4) is 11.5 Å². The summed E-state index contributed by atoms with van der Waals surface area (Å²) in [6.45, 7) is 0.507. The largest absolute Gasteiger partial charge is 0.573 e. The van der Waals surface area contributed by atoms with E-state index >= 15 is 0 Å². The molecule has 11 heteroatoms. The van der Waals surface area contributed by atoms with Gasteiger partial charge in [0.15, 0.2) is 0 Å². The fourth-order valence-electron chi connectivity index (χ4n) is 3.03. The van der Waals surface area contributed by atoms with Gasteiger partial charge in [0, 0.05) is 31.7 Å². The second-order valence-corrected chi connectivity index (χ2v) is 8.39. The van der Waals surface area contributed by atoms with Crippen molar-refractivity contribution in [1.29, 1.82) is 0 Å². The van der Waals surface area contributed by atoms with E-state index in [1.165, 1.54) is 11.4 Å². The van der Waals surface area contributed by atoms with Gasteiger partial charge in [0.1, 0.15) is 11.5 Å². The summed E-state index contributed by atoms with van der Waals surface area (Å²) in [6, 6.07) is 10.7. The van der Waals surface area contributed by atoms with Crippen molar-refractivity contribution < 1.29 is 35.9 Å². The summed E-state index contributed by atoms with van der Waals surface area (Å²) in [5, 5.41) is 0. The Morgan fingerprint density at radius 2 is 1.60 bits per heavy atom. The number of hydrogen-bond donors (Lipinski definition) is 0. The second-order valence-electron chi connectivity index (χ2n) is 6.45. The van der Waals surface area contributed by atoms with E-state index in [-0.39, 0.29) is 37.0 Å². The highest BCUT2D eigenvalue weighted by Crippen LogP contribution is 2.25. The van der Waals surface area contributed by atoms with Crippen LogP contribution in [0, 0.1) is 0 Å². The van der Waals surface area contributed by atoms with Crippen LogP contribution < -0.4 is 9.47 Å². The molecule has 2 aromatic rings. The zero-order valence-electron chi connectivity index (χ0n) is 15.9. The topological polar surface area (TPSA) is 76.2 Å². The summed E-state index contributed by atoms with van der Waals surface area (Å²) in [5.74, 6) is -0.199. The van der Waals surface area contributed by atoms with Gasteiger partial charge < -0.3 is 14.4 Å². The molecule has 0 atom stereocenters. The molecule has 1 fully saturated rings. The minimum atomic E-state index is -4.86. The van der Waals surface area contributed by atoms with E-state index in [9.17, 15) is 26.4 Å². The first-order chi connectivity index (χ1) is 14.1. The first-order valence-electron chi connectivity index (χ1n) is 8.89. The molecule has 1 aliphatic rings. The Morgan fingerprint density at radius 1 is 0.967 bits per heavy atom. The molecule has 0 N–H and O–H groups in total. The highest BCUT2D eigenvalue weighted by atomic mass is 32.2. The van der Waals surface area contributed by atoms with E-state index in [1.54, 1.807) is 29.2 Å². The summed E-state index contributed by atoms with van der Waals surface area (Å²) >= 11 is 0. The van der Waals surface area contributed by atoms with Crippen LogP contribution in [0.4, 0.5) is 13.2 Å². The number of rotatable bonds is 5. The van der Waals surface area contributed by atoms with Gasteiger partial charge in [-0.3, -0.25) is 4.79 Å². The van der Waals surface area contributed by atoms with Crippen molar-refractivity contribution in [3.05, 3.63) is 54.1 Å². The summed E-state index contributed by atoms with van der Waals surface area (Å²) in [5.41, 5.74) is 0.436. The molecule has 0 aromatic heterocycles. The van der Waals surface area contributed by atoms with Gasteiger partial charge in [-0.2, -0.15) is 4.31 Å². The van der Waals surface area contributed by atoms with Crippen LogP contribution in [0.5, 0.6) is 11.5 Å². The third kappa shape index (κ3) is 5.03. The lowest BCUT2D eigenvalue weighted by molar-refractivity contribution is -0.274. The van der Waals surface area contributed by atoms with Gasteiger partial charge in [-0.15, -0.1) is 13.2 Å². The van der Waals surface area contributed by atoms with E-state index in [1.807, 2.05) is 0 Å². The van der Waals surface area contributed by atoms with Crippen molar-refractivity contribution in [2.45, 2.75) is 11.3 Å². The molecule has 0 unspecified atom stereocenters. The molecule has 0 bridgehead atoms. The molecule has 1 amide bonds. The fourth-order valence-corrected chi connectivity index (χ4v) is 4.45. The van der Waals surface area contributed by atoms with Crippen molar-refractivity contribution in [2.24, 2.45) is 0 Å². The molecule has 2 aromatic carbocycles. The van der Waals surface area contributed by atoms with E-state index in [0.717, 1.165) is 24.3 Å². The van der Waals surface area contributed by atoms with Crippen molar-refractivity contribution in [2.75, 3.05) is 33.3 Å². The van der Waals surface area contributed by atoms with Crippen LogP contribution in [0.1, 0.15) is 10.4 Å². The van der Waals surface area contributed by atoms with Gasteiger partial charge in [0.05, 0.1) is 12.0 Å².